The molecule has 0 atom stereocenters. The Morgan fingerprint density at radius 1 is 1.25 bits per heavy atom. The van der Waals surface area contributed by atoms with Gasteiger partial charge in [0, 0.05) is 11.2 Å². The van der Waals surface area contributed by atoms with E-state index in [4.69, 9.17) is 11.6 Å². The van der Waals surface area contributed by atoms with Gasteiger partial charge in [-0.15, -0.1) is 0 Å². The summed E-state index contributed by atoms with van der Waals surface area (Å²) in [6.45, 7) is 0. The number of hydrogen-bond acceptors (Lipinski definition) is 2. The Bertz CT molecular complexity index is 803. The fourth-order valence-electron chi connectivity index (χ4n) is 2.53. The molecule has 126 valence electrons. The molecule has 0 saturated heterocycles. The first-order valence-electron chi connectivity index (χ1n) is 7.02. The summed E-state index contributed by atoms with van der Waals surface area (Å²) in [4.78, 5) is 16.1. The van der Waals surface area contributed by atoms with Crippen LogP contribution < -0.4 is 5.32 Å². The Labute approximate surface area is 139 Å². The summed E-state index contributed by atoms with van der Waals surface area (Å²) in [5, 5.41) is 2.48. The molecule has 3 nitrogen and oxygen atoms in total. The van der Waals surface area contributed by atoms with Gasteiger partial charge in [0.2, 0.25) is 5.91 Å². The summed E-state index contributed by atoms with van der Waals surface area (Å²) in [6, 6.07) is 4.15. The maximum absolute atomic E-state index is 13.6. The van der Waals surface area contributed by atoms with E-state index in [1.165, 1.54) is 12.3 Å². The molecular formula is C16H11ClF4N2O. The van der Waals surface area contributed by atoms with Gasteiger partial charge < -0.3 is 5.32 Å². The summed E-state index contributed by atoms with van der Waals surface area (Å²) in [7, 11) is 0. The van der Waals surface area contributed by atoms with E-state index in [0.717, 1.165) is 24.4 Å². The highest BCUT2D eigenvalue weighted by Gasteiger charge is 2.53. The molecule has 1 fully saturated rings. The number of amides is 1. The van der Waals surface area contributed by atoms with Gasteiger partial charge in [0.05, 0.1) is 22.9 Å². The van der Waals surface area contributed by atoms with E-state index < -0.39 is 28.9 Å². The fourth-order valence-corrected chi connectivity index (χ4v) is 2.83. The quantitative estimate of drug-likeness (QED) is 0.817. The first-order chi connectivity index (χ1) is 11.2. The van der Waals surface area contributed by atoms with E-state index in [0.29, 0.717) is 12.8 Å². The number of nitrogens with zero attached hydrogens (tertiary/aromatic N) is 1. The van der Waals surface area contributed by atoms with E-state index in [1.807, 2.05) is 0 Å². The van der Waals surface area contributed by atoms with E-state index in [9.17, 15) is 22.4 Å². The van der Waals surface area contributed by atoms with E-state index in [2.05, 4.69) is 10.3 Å². The van der Waals surface area contributed by atoms with Crippen LogP contribution in [0.25, 0.3) is 0 Å². The van der Waals surface area contributed by atoms with Crippen molar-refractivity contribution < 1.29 is 22.4 Å². The molecule has 1 aromatic heterocycles. The van der Waals surface area contributed by atoms with E-state index in [-0.39, 0.29) is 16.3 Å². The lowest BCUT2D eigenvalue weighted by Gasteiger charge is -2.19. The minimum atomic E-state index is -4.54. The Balaban J connectivity index is 1.94. The molecular weight excluding hydrogens is 348 g/mol. The monoisotopic (exact) mass is 358 g/mol. The van der Waals surface area contributed by atoms with Gasteiger partial charge in [-0.25, -0.2) is 4.39 Å². The fraction of sp³-hybridized carbons (Fsp3) is 0.250. The third-order valence-corrected chi connectivity index (χ3v) is 4.34. The second kappa shape index (κ2) is 5.73. The van der Waals surface area contributed by atoms with Crippen LogP contribution in [0.2, 0.25) is 5.02 Å². The van der Waals surface area contributed by atoms with Crippen molar-refractivity contribution in [3.63, 3.8) is 0 Å². The largest absolute Gasteiger partial charge is 0.416 e. The molecule has 3 rings (SSSR count). The molecule has 1 saturated carbocycles. The number of anilines is 1. The summed E-state index contributed by atoms with van der Waals surface area (Å²) in [5.74, 6) is -1.31. The van der Waals surface area contributed by atoms with Crippen LogP contribution >= 0.6 is 11.6 Å². The highest BCUT2D eigenvalue weighted by atomic mass is 35.5. The average molecular weight is 359 g/mol. The maximum atomic E-state index is 13.6. The molecule has 0 unspecified atom stereocenters. The molecule has 0 aliphatic heterocycles. The number of alkyl halides is 3. The number of carbonyl (C=O) groups is 1. The van der Waals surface area contributed by atoms with Crippen molar-refractivity contribution in [1.29, 1.82) is 0 Å². The predicted molar refractivity (Wildman–Crippen MR) is 80.2 cm³/mol. The van der Waals surface area contributed by atoms with E-state index >= 15 is 0 Å². The van der Waals surface area contributed by atoms with E-state index in [1.54, 1.807) is 0 Å². The van der Waals surface area contributed by atoms with Crippen LogP contribution in [0, 0.1) is 5.82 Å². The van der Waals surface area contributed by atoms with Gasteiger partial charge in [-0.05, 0) is 42.7 Å². The molecule has 0 radical (unpaired) electrons. The van der Waals surface area contributed by atoms with Crippen LogP contribution in [0.1, 0.15) is 24.0 Å². The molecule has 1 heterocycles. The molecule has 1 aliphatic carbocycles. The number of aromatic nitrogens is 1. The van der Waals surface area contributed by atoms with Gasteiger partial charge in [-0.2, -0.15) is 13.2 Å². The van der Waals surface area contributed by atoms with Crippen molar-refractivity contribution in [2.75, 3.05) is 5.32 Å². The number of hydrogen-bond donors (Lipinski definition) is 1. The molecule has 24 heavy (non-hydrogen) atoms. The molecule has 1 N–H and O–H groups in total. The van der Waals surface area contributed by atoms with Gasteiger partial charge in [0.25, 0.3) is 0 Å². The lowest BCUT2D eigenvalue weighted by Crippen LogP contribution is -2.29. The topological polar surface area (TPSA) is 42.0 Å². The zero-order chi connectivity index (χ0) is 17.5. The zero-order valence-electron chi connectivity index (χ0n) is 12.1. The Morgan fingerprint density at radius 2 is 1.96 bits per heavy atom. The van der Waals surface area contributed by atoms with Crippen molar-refractivity contribution in [1.82, 2.24) is 4.98 Å². The Kier molecular flexibility index (Phi) is 3.99. The van der Waals surface area contributed by atoms with Gasteiger partial charge in [0.1, 0.15) is 0 Å². The second-order valence-corrected chi connectivity index (χ2v) is 5.99. The van der Waals surface area contributed by atoms with Gasteiger partial charge in [-0.3, -0.25) is 9.78 Å². The molecule has 2 aromatic rings. The minimum absolute atomic E-state index is 0.0749. The molecule has 1 aromatic carbocycles. The number of pyridine rings is 1. The molecule has 0 spiro atoms. The molecule has 1 amide bonds. The first-order valence-corrected chi connectivity index (χ1v) is 7.40. The van der Waals surface area contributed by atoms with Crippen molar-refractivity contribution in [3.8, 4) is 0 Å². The number of nitrogens with one attached hydrogen (secondary N) is 1. The number of rotatable bonds is 3. The number of halogens is 5. The third kappa shape index (κ3) is 2.96. The van der Waals surface area contributed by atoms with Crippen molar-refractivity contribution in [2.45, 2.75) is 24.4 Å². The van der Waals surface area contributed by atoms with Crippen LogP contribution in [0.3, 0.4) is 0 Å². The maximum Gasteiger partial charge on any atom is 0.416 e. The highest BCUT2D eigenvalue weighted by Crippen LogP contribution is 2.52. The van der Waals surface area contributed by atoms with Crippen LogP contribution in [-0.4, -0.2) is 10.9 Å². The van der Waals surface area contributed by atoms with Gasteiger partial charge >= 0.3 is 6.18 Å². The van der Waals surface area contributed by atoms with Crippen molar-refractivity contribution in [3.05, 3.63) is 58.6 Å². The van der Waals surface area contributed by atoms with Crippen LogP contribution in [0.4, 0.5) is 23.2 Å². The van der Waals surface area contributed by atoms with Crippen LogP contribution in [0.15, 0.2) is 36.7 Å². The lowest BCUT2D eigenvalue weighted by molar-refractivity contribution is -0.137. The van der Waals surface area contributed by atoms with Crippen LogP contribution in [0.5, 0.6) is 0 Å². The van der Waals surface area contributed by atoms with Crippen LogP contribution in [-0.2, 0) is 16.4 Å². The second-order valence-electron chi connectivity index (χ2n) is 5.58. The number of benzene rings is 1. The summed E-state index contributed by atoms with van der Waals surface area (Å²) in [6.07, 6.45) is -1.62. The summed E-state index contributed by atoms with van der Waals surface area (Å²) >= 11 is 6.02. The van der Waals surface area contributed by atoms with Gasteiger partial charge in [-0.1, -0.05) is 11.6 Å². The molecule has 0 bridgehead atoms. The minimum Gasteiger partial charge on any atom is -0.323 e. The normalized spacial score (nSPS) is 15.9. The molecule has 8 heteroatoms. The van der Waals surface area contributed by atoms with Crippen molar-refractivity contribution >= 4 is 23.2 Å². The molecule has 1 aliphatic rings. The first kappa shape index (κ1) is 16.7. The Hall–Kier alpha value is -2.15. The van der Waals surface area contributed by atoms with Crippen molar-refractivity contribution in [2.24, 2.45) is 0 Å². The Morgan fingerprint density at radius 3 is 2.54 bits per heavy atom. The SMILES string of the molecule is O=C(Nc1ccncc1F)C1(c2cc(C(F)(F)F)ccc2Cl)CC1. The summed E-state index contributed by atoms with van der Waals surface area (Å²) in [5.41, 5.74) is -2.03. The predicted octanol–water partition coefficient (Wildman–Crippen LogP) is 4.56. The average Bonchev–Trinajstić information content (AvgIpc) is 3.30. The lowest BCUT2D eigenvalue weighted by atomic mass is 9.93. The highest BCUT2D eigenvalue weighted by molar-refractivity contribution is 6.32. The smallest absolute Gasteiger partial charge is 0.323 e. The van der Waals surface area contributed by atoms with Gasteiger partial charge in [0.15, 0.2) is 5.82 Å². The zero-order valence-corrected chi connectivity index (χ0v) is 12.9. The third-order valence-electron chi connectivity index (χ3n) is 4.01. The summed E-state index contributed by atoms with van der Waals surface area (Å²) < 4.78 is 52.3. The standard InChI is InChI=1S/C16H11ClF4N2O/c17-11-2-1-9(16(19,20)21)7-10(11)15(4-5-15)14(24)23-13-3-6-22-8-12(13)18/h1-3,6-8H,4-5H2,(H,22,23,24). The number of carbonyl (C=O) groups excluding carboxylic acids is 1.